The van der Waals surface area contributed by atoms with Gasteiger partial charge < -0.3 is 4.74 Å². The van der Waals surface area contributed by atoms with E-state index in [1.807, 2.05) is 0 Å². The molecular formula is C18H19Cl2NO4S2. The van der Waals surface area contributed by atoms with Crippen LogP contribution in [0.15, 0.2) is 23.1 Å². The number of carbonyl (C=O) groups excluding carboxylic acids is 1. The van der Waals surface area contributed by atoms with Crippen LogP contribution in [0.5, 0.6) is 0 Å². The number of hydrogen-bond donors (Lipinski definition) is 1. The van der Waals surface area contributed by atoms with Crippen molar-refractivity contribution in [2.24, 2.45) is 0 Å². The third-order valence-corrected chi connectivity index (χ3v) is 7.71. The van der Waals surface area contributed by atoms with Gasteiger partial charge in [0, 0.05) is 9.90 Å². The molecule has 1 heterocycles. The second-order valence-electron chi connectivity index (χ2n) is 6.17. The standard InChI is InChI=1S/C18H19Cl2NO4S2/c1-2-25-18(22)16-12-6-4-3-5-7-14(12)26-17(16)21-27(23,24)15-10-11(19)8-9-13(15)20/h8-10,21H,2-7H2,1H3. The highest BCUT2D eigenvalue weighted by atomic mass is 35.5. The minimum atomic E-state index is -4.01. The Morgan fingerprint density at radius 3 is 2.70 bits per heavy atom. The number of carbonyl (C=O) groups is 1. The Hall–Kier alpha value is -1.28. The lowest BCUT2D eigenvalue weighted by Gasteiger charge is -2.11. The number of nitrogens with one attached hydrogen (secondary N) is 1. The molecule has 1 aliphatic carbocycles. The van der Waals surface area contributed by atoms with Crippen LogP contribution in [0, 0.1) is 0 Å². The molecule has 0 aliphatic heterocycles. The van der Waals surface area contributed by atoms with E-state index >= 15 is 0 Å². The molecule has 3 rings (SSSR count). The Morgan fingerprint density at radius 2 is 1.96 bits per heavy atom. The van der Waals surface area contributed by atoms with E-state index in [0.717, 1.165) is 42.5 Å². The minimum Gasteiger partial charge on any atom is -0.462 e. The number of anilines is 1. The first kappa shape index (κ1) is 20.5. The first-order chi connectivity index (χ1) is 12.8. The van der Waals surface area contributed by atoms with Gasteiger partial charge in [0.05, 0.1) is 17.2 Å². The van der Waals surface area contributed by atoms with Gasteiger partial charge in [0.1, 0.15) is 9.90 Å². The molecule has 0 atom stereocenters. The van der Waals surface area contributed by atoms with Crippen molar-refractivity contribution in [3.05, 3.63) is 44.2 Å². The number of ether oxygens (including phenoxy) is 1. The van der Waals surface area contributed by atoms with Crippen molar-refractivity contribution in [3.63, 3.8) is 0 Å². The van der Waals surface area contributed by atoms with E-state index in [0.29, 0.717) is 5.56 Å². The molecular weight excluding hydrogens is 429 g/mol. The summed E-state index contributed by atoms with van der Waals surface area (Å²) in [7, 11) is -4.01. The molecule has 0 unspecified atom stereocenters. The van der Waals surface area contributed by atoms with Gasteiger partial charge in [0.15, 0.2) is 0 Å². The maximum absolute atomic E-state index is 12.9. The average Bonchev–Trinajstić information content (AvgIpc) is 2.77. The minimum absolute atomic E-state index is 0.0581. The molecule has 0 fully saturated rings. The van der Waals surface area contributed by atoms with Crippen molar-refractivity contribution in [2.45, 2.75) is 43.9 Å². The van der Waals surface area contributed by atoms with E-state index in [2.05, 4.69) is 4.72 Å². The number of aryl methyl sites for hydroxylation is 1. The summed E-state index contributed by atoms with van der Waals surface area (Å²) < 4.78 is 33.5. The first-order valence-corrected chi connectivity index (χ1v) is 11.7. The van der Waals surface area contributed by atoms with Crippen molar-refractivity contribution >= 4 is 55.5 Å². The van der Waals surface area contributed by atoms with Crippen LogP contribution in [-0.2, 0) is 27.6 Å². The summed E-state index contributed by atoms with van der Waals surface area (Å²) in [5.41, 5.74) is 1.21. The summed E-state index contributed by atoms with van der Waals surface area (Å²) >= 11 is 13.3. The summed E-state index contributed by atoms with van der Waals surface area (Å²) in [6.07, 6.45) is 4.62. The molecule has 1 aromatic heterocycles. The van der Waals surface area contributed by atoms with Crippen LogP contribution in [-0.4, -0.2) is 21.0 Å². The molecule has 5 nitrogen and oxygen atoms in total. The zero-order valence-corrected chi connectivity index (χ0v) is 17.8. The third-order valence-electron chi connectivity index (χ3n) is 4.31. The van der Waals surface area contributed by atoms with Crippen molar-refractivity contribution in [3.8, 4) is 0 Å². The smallest absolute Gasteiger partial charge is 0.341 e. The number of thiophene rings is 1. The topological polar surface area (TPSA) is 72.5 Å². The van der Waals surface area contributed by atoms with Crippen molar-refractivity contribution < 1.29 is 17.9 Å². The molecule has 0 saturated heterocycles. The number of fused-ring (bicyclic) bond motifs is 1. The number of sulfonamides is 1. The van der Waals surface area contributed by atoms with E-state index in [9.17, 15) is 13.2 Å². The lowest BCUT2D eigenvalue weighted by Crippen LogP contribution is -2.16. The maximum Gasteiger partial charge on any atom is 0.341 e. The van der Waals surface area contributed by atoms with E-state index in [1.165, 1.54) is 29.5 Å². The number of rotatable bonds is 5. The fraction of sp³-hybridized carbons (Fsp3) is 0.389. The molecule has 27 heavy (non-hydrogen) atoms. The van der Waals surface area contributed by atoms with Crippen molar-refractivity contribution in [2.75, 3.05) is 11.3 Å². The van der Waals surface area contributed by atoms with E-state index in [4.69, 9.17) is 27.9 Å². The van der Waals surface area contributed by atoms with Crippen molar-refractivity contribution in [1.82, 2.24) is 0 Å². The van der Waals surface area contributed by atoms with Crippen molar-refractivity contribution in [1.29, 1.82) is 0 Å². The molecule has 1 N–H and O–H groups in total. The molecule has 9 heteroatoms. The SMILES string of the molecule is CCOC(=O)c1c(NS(=O)(=O)c2cc(Cl)ccc2Cl)sc2c1CCCCC2. The maximum atomic E-state index is 12.9. The van der Waals surface area contributed by atoms with Crippen LogP contribution >= 0.6 is 34.5 Å². The molecule has 0 saturated carbocycles. The van der Waals surface area contributed by atoms with E-state index in [-0.39, 0.29) is 26.5 Å². The van der Waals surface area contributed by atoms with E-state index < -0.39 is 16.0 Å². The van der Waals surface area contributed by atoms with Gasteiger partial charge >= 0.3 is 5.97 Å². The molecule has 1 aliphatic rings. The van der Waals surface area contributed by atoms with Crippen LogP contribution in [0.25, 0.3) is 0 Å². The second kappa shape index (κ2) is 8.39. The molecule has 0 bridgehead atoms. The monoisotopic (exact) mass is 447 g/mol. The van der Waals surface area contributed by atoms with Crippen LogP contribution in [0.4, 0.5) is 5.00 Å². The van der Waals surface area contributed by atoms with Crippen LogP contribution in [0.3, 0.4) is 0 Å². The predicted octanol–water partition coefficient (Wildman–Crippen LogP) is 5.30. The first-order valence-electron chi connectivity index (χ1n) is 8.63. The normalized spacial score (nSPS) is 14.3. The van der Waals surface area contributed by atoms with Gasteiger partial charge in [-0.2, -0.15) is 0 Å². The van der Waals surface area contributed by atoms with E-state index in [1.54, 1.807) is 6.92 Å². The number of esters is 1. The molecule has 2 aromatic rings. The van der Waals surface area contributed by atoms with Gasteiger partial charge in [-0.3, -0.25) is 4.72 Å². The molecule has 0 radical (unpaired) electrons. The van der Waals surface area contributed by atoms with Crippen LogP contribution in [0.1, 0.15) is 47.0 Å². The van der Waals surface area contributed by atoms with Gasteiger partial charge in [-0.25, -0.2) is 13.2 Å². The Morgan fingerprint density at radius 1 is 1.22 bits per heavy atom. The Bertz CT molecular complexity index is 970. The largest absolute Gasteiger partial charge is 0.462 e. The zero-order valence-electron chi connectivity index (χ0n) is 14.7. The van der Waals surface area contributed by atoms with Crippen LogP contribution in [0.2, 0.25) is 10.0 Å². The third kappa shape index (κ3) is 4.42. The highest BCUT2D eigenvalue weighted by molar-refractivity contribution is 7.93. The molecule has 146 valence electrons. The van der Waals surface area contributed by atoms with Gasteiger partial charge in [-0.15, -0.1) is 11.3 Å². The Balaban J connectivity index is 2.06. The van der Waals surface area contributed by atoms with Gasteiger partial charge in [0.25, 0.3) is 10.0 Å². The second-order valence-corrected chi connectivity index (χ2v) is 9.77. The summed E-state index contributed by atoms with van der Waals surface area (Å²) in [5.74, 6) is -0.508. The highest BCUT2D eigenvalue weighted by Crippen LogP contribution is 2.39. The lowest BCUT2D eigenvalue weighted by molar-refractivity contribution is 0.0527. The fourth-order valence-electron chi connectivity index (χ4n) is 3.09. The summed E-state index contributed by atoms with van der Waals surface area (Å²) in [6, 6.07) is 4.23. The molecule has 0 spiro atoms. The Labute approximate surface area is 172 Å². The number of halogens is 2. The molecule has 0 amide bonds. The molecule has 1 aromatic carbocycles. The summed E-state index contributed by atoms with van der Waals surface area (Å²) in [4.78, 5) is 13.5. The van der Waals surface area contributed by atoms with Crippen LogP contribution < -0.4 is 4.72 Å². The zero-order chi connectivity index (χ0) is 19.6. The van der Waals surface area contributed by atoms with Gasteiger partial charge in [-0.05, 0) is 56.4 Å². The predicted molar refractivity (Wildman–Crippen MR) is 109 cm³/mol. The average molecular weight is 448 g/mol. The Kier molecular flexibility index (Phi) is 6.35. The lowest BCUT2D eigenvalue weighted by atomic mass is 10.1. The van der Waals surface area contributed by atoms with Gasteiger partial charge in [-0.1, -0.05) is 29.6 Å². The number of hydrogen-bond acceptors (Lipinski definition) is 5. The summed E-state index contributed by atoms with van der Waals surface area (Å²) in [5, 5.41) is 0.589. The summed E-state index contributed by atoms with van der Waals surface area (Å²) in [6.45, 7) is 1.94. The van der Waals surface area contributed by atoms with Gasteiger partial charge in [0.2, 0.25) is 0 Å². The fourth-order valence-corrected chi connectivity index (χ4v) is 6.44. The quantitative estimate of drug-likeness (QED) is 0.498. The highest BCUT2D eigenvalue weighted by Gasteiger charge is 2.29. The number of benzene rings is 1.